The number of nitrogens with zero attached hydrogens (tertiary/aromatic N) is 3. The molecule has 3 aromatic rings. The number of thioether (sulfide) groups is 1. The van der Waals surface area contributed by atoms with Crippen molar-refractivity contribution in [1.82, 2.24) is 20.2 Å². The molecule has 2 bridgehead atoms. The van der Waals surface area contributed by atoms with Gasteiger partial charge in [-0.05, 0) is 55.2 Å². The molecule has 1 amide bonds. The average molecular weight is 410 g/mol. The highest BCUT2D eigenvalue weighted by atomic mass is 32.2. The summed E-state index contributed by atoms with van der Waals surface area (Å²) in [6.07, 6.45) is 6.62. The largest absolute Gasteiger partial charge is 0.393 e. The van der Waals surface area contributed by atoms with E-state index in [2.05, 4.69) is 31.5 Å². The first-order chi connectivity index (χ1) is 14.2. The van der Waals surface area contributed by atoms with Crippen LogP contribution in [0.25, 0.3) is 11.0 Å². The van der Waals surface area contributed by atoms with E-state index in [1.165, 1.54) is 6.33 Å². The van der Waals surface area contributed by atoms with Gasteiger partial charge in [0.2, 0.25) is 5.91 Å². The molecule has 0 saturated heterocycles. The summed E-state index contributed by atoms with van der Waals surface area (Å²) in [5.74, 6) is 1.55. The maximum absolute atomic E-state index is 12.8. The Balaban J connectivity index is 1.24. The number of anilines is 1. The van der Waals surface area contributed by atoms with Crippen LogP contribution in [0, 0.1) is 17.8 Å². The van der Waals surface area contributed by atoms with Crippen molar-refractivity contribution in [3.05, 3.63) is 42.4 Å². The second-order valence-corrected chi connectivity index (χ2v) is 9.00. The molecule has 1 aromatic carbocycles. The number of amides is 1. The van der Waals surface area contributed by atoms with E-state index in [1.807, 2.05) is 18.2 Å². The third-order valence-corrected chi connectivity index (χ3v) is 7.30. The maximum atomic E-state index is 12.8. The number of carbonyl (C=O) groups is 1. The van der Waals surface area contributed by atoms with Crippen LogP contribution in [0.2, 0.25) is 0 Å². The predicted molar refractivity (Wildman–Crippen MR) is 111 cm³/mol. The first-order valence-electron chi connectivity index (χ1n) is 10.0. The summed E-state index contributed by atoms with van der Waals surface area (Å²) in [6.45, 7) is 0. The number of benzene rings is 1. The summed E-state index contributed by atoms with van der Waals surface area (Å²) in [4.78, 5) is 21.4. The number of hydrogen-bond donors (Lipinski definition) is 3. The summed E-state index contributed by atoms with van der Waals surface area (Å²) in [7, 11) is 0. The van der Waals surface area contributed by atoms with E-state index < -0.39 is 0 Å². The van der Waals surface area contributed by atoms with Crippen molar-refractivity contribution in [2.75, 3.05) is 5.32 Å². The topological polar surface area (TPSA) is 104 Å². The Kier molecular flexibility index (Phi) is 4.97. The van der Waals surface area contributed by atoms with Crippen molar-refractivity contribution in [1.29, 1.82) is 0 Å². The number of H-pyrrole nitrogens is 1. The molecule has 29 heavy (non-hydrogen) atoms. The summed E-state index contributed by atoms with van der Waals surface area (Å²) in [5.41, 5.74) is 2.67. The smallest absolute Gasteiger partial charge is 0.227 e. The fourth-order valence-corrected chi connectivity index (χ4v) is 5.64. The van der Waals surface area contributed by atoms with Crippen LogP contribution in [-0.2, 0) is 10.5 Å². The minimum Gasteiger partial charge on any atom is -0.393 e. The lowest BCUT2D eigenvalue weighted by Crippen LogP contribution is -2.26. The molecule has 2 fully saturated rings. The van der Waals surface area contributed by atoms with E-state index in [9.17, 15) is 9.90 Å². The van der Waals surface area contributed by atoms with Gasteiger partial charge in [-0.1, -0.05) is 12.1 Å². The van der Waals surface area contributed by atoms with E-state index >= 15 is 0 Å². The highest BCUT2D eigenvalue weighted by molar-refractivity contribution is 7.98. The standard InChI is InChI=1S/C21H23N5O2S/c27-18-5-4-13-7-14(18)8-16(13)20(28)25-15-3-1-2-12(6-15)10-29-21-17-9-24-26-19(17)22-11-23-21/h1-3,6,9,11,13-14,16,18,27H,4-5,7-8,10H2,(H,25,28)(H,22,23,24,26)/t13-,14+,16?,18?/m0/s1. The lowest BCUT2D eigenvalue weighted by atomic mass is 9.85. The van der Waals surface area contributed by atoms with E-state index in [1.54, 1.807) is 18.0 Å². The third kappa shape index (κ3) is 3.74. The van der Waals surface area contributed by atoms with Gasteiger partial charge in [0, 0.05) is 17.4 Å². The molecule has 8 heteroatoms. The van der Waals surface area contributed by atoms with Gasteiger partial charge >= 0.3 is 0 Å². The van der Waals surface area contributed by atoms with Crippen LogP contribution in [0.4, 0.5) is 5.69 Å². The van der Waals surface area contributed by atoms with Gasteiger partial charge in [0.15, 0.2) is 5.65 Å². The first-order valence-corrected chi connectivity index (χ1v) is 11.0. The Morgan fingerprint density at radius 2 is 2.17 bits per heavy atom. The molecule has 4 atom stereocenters. The molecular weight excluding hydrogens is 386 g/mol. The lowest BCUT2D eigenvalue weighted by Gasteiger charge is -2.24. The molecule has 2 aromatic heterocycles. The zero-order valence-electron chi connectivity index (χ0n) is 15.9. The number of carbonyl (C=O) groups excluding carboxylic acids is 1. The van der Waals surface area contributed by atoms with Gasteiger partial charge in [0.1, 0.15) is 11.4 Å². The van der Waals surface area contributed by atoms with Gasteiger partial charge in [-0.2, -0.15) is 5.10 Å². The van der Waals surface area contributed by atoms with E-state index in [-0.39, 0.29) is 17.9 Å². The fraction of sp³-hybridized carbons (Fsp3) is 0.429. The molecule has 3 N–H and O–H groups in total. The summed E-state index contributed by atoms with van der Waals surface area (Å²) in [5, 5.41) is 21.9. The molecule has 2 aliphatic rings. The second kappa shape index (κ2) is 7.76. The highest BCUT2D eigenvalue weighted by Crippen LogP contribution is 2.46. The van der Waals surface area contributed by atoms with Crippen molar-refractivity contribution in [3.8, 4) is 0 Å². The van der Waals surface area contributed by atoms with Crippen LogP contribution in [0.1, 0.15) is 31.2 Å². The molecule has 0 radical (unpaired) electrons. The highest BCUT2D eigenvalue weighted by Gasteiger charge is 2.44. The SMILES string of the molecule is O=C(Nc1cccc(CSc2ncnc3[nH]ncc23)c1)C1C[C@H]2C[C@@H]1CCC2O. The second-order valence-electron chi connectivity index (χ2n) is 8.03. The molecule has 150 valence electrons. The Labute approximate surface area is 172 Å². The minimum absolute atomic E-state index is 0.0191. The van der Waals surface area contributed by atoms with Crippen LogP contribution in [0.15, 0.2) is 41.8 Å². The number of aromatic nitrogens is 4. The Bertz CT molecular complexity index is 1040. The van der Waals surface area contributed by atoms with Gasteiger partial charge in [0.25, 0.3) is 0 Å². The van der Waals surface area contributed by atoms with Gasteiger partial charge in [-0.25, -0.2) is 9.97 Å². The van der Waals surface area contributed by atoms with Gasteiger partial charge in [-0.3, -0.25) is 9.89 Å². The van der Waals surface area contributed by atoms with Crippen molar-refractivity contribution < 1.29 is 9.90 Å². The number of aliphatic hydroxyl groups is 1. The molecule has 2 unspecified atom stereocenters. The van der Waals surface area contributed by atoms with Crippen LogP contribution in [0.5, 0.6) is 0 Å². The number of nitrogens with one attached hydrogen (secondary N) is 2. The van der Waals surface area contributed by atoms with E-state index in [0.717, 1.165) is 58.7 Å². The number of rotatable bonds is 5. The van der Waals surface area contributed by atoms with Gasteiger partial charge in [-0.15, -0.1) is 11.8 Å². The van der Waals surface area contributed by atoms with E-state index in [4.69, 9.17) is 0 Å². The molecule has 2 heterocycles. The maximum Gasteiger partial charge on any atom is 0.227 e. The lowest BCUT2D eigenvalue weighted by molar-refractivity contribution is -0.120. The number of aromatic amines is 1. The molecule has 7 nitrogen and oxygen atoms in total. The zero-order valence-corrected chi connectivity index (χ0v) is 16.7. The molecular formula is C21H23N5O2S. The Morgan fingerprint density at radius 1 is 1.24 bits per heavy atom. The third-order valence-electron chi connectivity index (χ3n) is 6.23. The summed E-state index contributed by atoms with van der Waals surface area (Å²) in [6, 6.07) is 7.97. The fourth-order valence-electron chi connectivity index (χ4n) is 4.73. The van der Waals surface area contributed by atoms with Crippen LogP contribution < -0.4 is 5.32 Å². The van der Waals surface area contributed by atoms with Gasteiger partial charge in [0.05, 0.1) is 17.7 Å². The summed E-state index contributed by atoms with van der Waals surface area (Å²) >= 11 is 1.62. The quantitative estimate of drug-likeness (QED) is 0.441. The van der Waals surface area contributed by atoms with Crippen molar-refractivity contribution >= 4 is 34.4 Å². The van der Waals surface area contributed by atoms with Crippen molar-refractivity contribution in [3.63, 3.8) is 0 Å². The van der Waals surface area contributed by atoms with E-state index in [0.29, 0.717) is 11.8 Å². The Morgan fingerprint density at radius 3 is 3.07 bits per heavy atom. The summed E-state index contributed by atoms with van der Waals surface area (Å²) < 4.78 is 0. The molecule has 0 aliphatic heterocycles. The number of fused-ring (bicyclic) bond motifs is 3. The van der Waals surface area contributed by atoms with Crippen molar-refractivity contribution in [2.45, 2.75) is 42.6 Å². The van der Waals surface area contributed by atoms with Crippen LogP contribution in [0.3, 0.4) is 0 Å². The zero-order chi connectivity index (χ0) is 19.8. The minimum atomic E-state index is -0.229. The normalized spacial score (nSPS) is 26.0. The Hall–Kier alpha value is -2.45. The molecule has 0 spiro atoms. The predicted octanol–water partition coefficient (Wildman–Crippen LogP) is 3.38. The molecule has 2 aliphatic carbocycles. The molecule has 5 rings (SSSR count). The molecule has 2 saturated carbocycles. The van der Waals surface area contributed by atoms with Crippen LogP contribution >= 0.6 is 11.8 Å². The van der Waals surface area contributed by atoms with Gasteiger partial charge < -0.3 is 10.4 Å². The van der Waals surface area contributed by atoms with Crippen molar-refractivity contribution in [2.24, 2.45) is 17.8 Å². The average Bonchev–Trinajstić information content (AvgIpc) is 3.35. The first kappa shape index (κ1) is 18.6. The van der Waals surface area contributed by atoms with Crippen LogP contribution in [-0.4, -0.2) is 37.3 Å². The monoisotopic (exact) mass is 409 g/mol. The number of hydrogen-bond acceptors (Lipinski definition) is 6. The number of aliphatic hydroxyl groups excluding tert-OH is 1.